The van der Waals surface area contributed by atoms with E-state index < -0.39 is 0 Å². The van der Waals surface area contributed by atoms with Gasteiger partial charge in [0.05, 0.1) is 0 Å². The molecule has 1 aliphatic carbocycles. The van der Waals surface area contributed by atoms with Crippen molar-refractivity contribution >= 4 is 21.7 Å². The number of aromatic nitrogens is 2. The summed E-state index contributed by atoms with van der Waals surface area (Å²) < 4.78 is 0.782. The van der Waals surface area contributed by atoms with Crippen LogP contribution < -0.4 is 10.4 Å². The molecule has 1 aromatic rings. The fraction of sp³-hybridized carbons (Fsp3) is 0.636. The van der Waals surface area contributed by atoms with E-state index >= 15 is 0 Å². The van der Waals surface area contributed by atoms with Gasteiger partial charge in [0.25, 0.3) is 0 Å². The molecule has 1 saturated carbocycles. The molecule has 0 radical (unpaired) electrons. The Morgan fingerprint density at radius 2 is 2.25 bits per heavy atom. The van der Waals surface area contributed by atoms with Gasteiger partial charge in [-0.15, -0.1) is 10.2 Å². The van der Waals surface area contributed by atoms with E-state index in [4.69, 9.17) is 0 Å². The Morgan fingerprint density at radius 1 is 1.38 bits per heavy atom. The lowest BCUT2D eigenvalue weighted by atomic mass is 9.94. The molecule has 1 aromatic heterocycles. The molecule has 16 heavy (non-hydrogen) atoms. The zero-order valence-electron chi connectivity index (χ0n) is 9.23. The normalized spacial score (nSPS) is 33.1. The average Bonchev–Trinajstić information content (AvgIpc) is 2.54. The van der Waals surface area contributed by atoms with Crippen LogP contribution >= 0.6 is 15.9 Å². The molecule has 4 nitrogen and oxygen atoms in total. The molecular formula is C11H15BrN4. The molecular weight excluding hydrogens is 268 g/mol. The minimum Gasteiger partial charge on any atom is -0.290 e. The molecule has 1 saturated heterocycles. The summed E-state index contributed by atoms with van der Waals surface area (Å²) in [6, 6.07) is 4.55. The number of nitrogens with zero attached hydrogens (tertiary/aromatic N) is 3. The standard InChI is InChI=1S/C11H15BrN4/c1-7-8-2-3-9(7)15-16(6-8)11-5-4-10(12)13-14-11/h4-5,7-9,15H,2-3,6H2,1H3. The van der Waals surface area contributed by atoms with Crippen molar-refractivity contribution in [1.29, 1.82) is 0 Å². The van der Waals surface area contributed by atoms with E-state index in [1.54, 1.807) is 0 Å². The number of rotatable bonds is 1. The maximum atomic E-state index is 4.19. The summed E-state index contributed by atoms with van der Waals surface area (Å²) in [5.74, 6) is 2.52. The number of anilines is 1. The van der Waals surface area contributed by atoms with Gasteiger partial charge in [0, 0.05) is 12.6 Å². The topological polar surface area (TPSA) is 41.0 Å². The SMILES string of the molecule is CC1C2CCC1NN(c1ccc(Br)nn1)C2. The summed E-state index contributed by atoms with van der Waals surface area (Å²) in [6.07, 6.45) is 2.62. The van der Waals surface area contributed by atoms with Crippen molar-refractivity contribution < 1.29 is 0 Å². The van der Waals surface area contributed by atoms with Gasteiger partial charge in [-0.3, -0.25) is 5.01 Å². The Bertz CT molecular complexity index is 366. The predicted octanol–water partition coefficient (Wildman–Crippen LogP) is 1.98. The molecule has 0 amide bonds. The van der Waals surface area contributed by atoms with Crippen molar-refractivity contribution in [3.05, 3.63) is 16.7 Å². The van der Waals surface area contributed by atoms with Crippen LogP contribution in [-0.4, -0.2) is 22.8 Å². The monoisotopic (exact) mass is 282 g/mol. The predicted molar refractivity (Wildman–Crippen MR) is 65.9 cm³/mol. The van der Waals surface area contributed by atoms with E-state index in [-0.39, 0.29) is 0 Å². The first kappa shape index (κ1) is 10.5. The molecule has 3 unspecified atom stereocenters. The Morgan fingerprint density at radius 3 is 2.94 bits per heavy atom. The van der Waals surface area contributed by atoms with E-state index in [0.717, 1.165) is 28.8 Å². The minimum atomic E-state index is 0.615. The molecule has 2 heterocycles. The van der Waals surface area contributed by atoms with Crippen molar-refractivity contribution in [2.45, 2.75) is 25.8 Å². The smallest absolute Gasteiger partial charge is 0.165 e. The Kier molecular flexibility index (Phi) is 2.59. The second-order valence-electron chi connectivity index (χ2n) is 4.76. The van der Waals surface area contributed by atoms with E-state index in [9.17, 15) is 0 Å². The Labute approximate surface area is 104 Å². The first-order valence-corrected chi connectivity index (χ1v) is 6.56. The van der Waals surface area contributed by atoms with Gasteiger partial charge in [0.2, 0.25) is 0 Å². The summed E-state index contributed by atoms with van der Waals surface area (Å²) in [4.78, 5) is 0. The van der Waals surface area contributed by atoms with Gasteiger partial charge in [-0.05, 0) is 52.7 Å². The molecule has 3 atom stereocenters. The van der Waals surface area contributed by atoms with Gasteiger partial charge in [-0.1, -0.05) is 6.92 Å². The van der Waals surface area contributed by atoms with Crippen LogP contribution in [0.15, 0.2) is 16.7 Å². The number of halogens is 1. The van der Waals surface area contributed by atoms with Crippen molar-refractivity contribution in [3.8, 4) is 0 Å². The number of hydrogen-bond acceptors (Lipinski definition) is 4. The van der Waals surface area contributed by atoms with Gasteiger partial charge < -0.3 is 0 Å². The zero-order valence-corrected chi connectivity index (χ0v) is 10.8. The number of hydrazine groups is 1. The minimum absolute atomic E-state index is 0.615. The van der Waals surface area contributed by atoms with Crippen molar-refractivity contribution in [2.24, 2.45) is 11.8 Å². The summed E-state index contributed by atoms with van der Waals surface area (Å²) in [5.41, 5.74) is 3.55. The molecule has 1 aliphatic heterocycles. The lowest BCUT2D eigenvalue weighted by Gasteiger charge is -2.37. The molecule has 2 aliphatic rings. The average molecular weight is 283 g/mol. The quantitative estimate of drug-likeness (QED) is 0.855. The van der Waals surface area contributed by atoms with Crippen LogP contribution in [0.2, 0.25) is 0 Å². The highest BCUT2D eigenvalue weighted by atomic mass is 79.9. The molecule has 1 N–H and O–H groups in total. The summed E-state index contributed by atoms with van der Waals surface area (Å²) >= 11 is 3.30. The maximum Gasteiger partial charge on any atom is 0.165 e. The van der Waals surface area contributed by atoms with Crippen molar-refractivity contribution in [3.63, 3.8) is 0 Å². The zero-order chi connectivity index (χ0) is 11.1. The maximum absolute atomic E-state index is 4.19. The molecule has 3 rings (SSSR count). The van der Waals surface area contributed by atoms with Gasteiger partial charge >= 0.3 is 0 Å². The third-order valence-corrected chi connectivity index (χ3v) is 4.28. The highest BCUT2D eigenvalue weighted by molar-refractivity contribution is 9.10. The lowest BCUT2D eigenvalue weighted by molar-refractivity contribution is 0.285. The van der Waals surface area contributed by atoms with Crippen LogP contribution in [0.3, 0.4) is 0 Å². The van der Waals surface area contributed by atoms with E-state index in [2.05, 4.69) is 43.5 Å². The van der Waals surface area contributed by atoms with Crippen LogP contribution in [0.1, 0.15) is 19.8 Å². The molecule has 0 aromatic carbocycles. The van der Waals surface area contributed by atoms with Gasteiger partial charge in [-0.25, -0.2) is 5.43 Å². The van der Waals surface area contributed by atoms with Gasteiger partial charge in [-0.2, -0.15) is 0 Å². The van der Waals surface area contributed by atoms with Crippen molar-refractivity contribution in [1.82, 2.24) is 15.6 Å². The van der Waals surface area contributed by atoms with Crippen LogP contribution in [0.25, 0.3) is 0 Å². The summed E-state index contributed by atoms with van der Waals surface area (Å²) in [6.45, 7) is 3.40. The van der Waals surface area contributed by atoms with Crippen LogP contribution in [0, 0.1) is 11.8 Å². The summed E-state index contributed by atoms with van der Waals surface area (Å²) in [5, 5.41) is 10.4. The van der Waals surface area contributed by atoms with E-state index in [1.165, 1.54) is 12.8 Å². The van der Waals surface area contributed by atoms with Gasteiger partial charge in [0.15, 0.2) is 5.82 Å². The van der Waals surface area contributed by atoms with Crippen LogP contribution in [0.4, 0.5) is 5.82 Å². The van der Waals surface area contributed by atoms with E-state index in [0.29, 0.717) is 6.04 Å². The molecule has 86 valence electrons. The molecule has 2 bridgehead atoms. The molecule has 2 fully saturated rings. The van der Waals surface area contributed by atoms with Crippen LogP contribution in [0.5, 0.6) is 0 Å². The first-order valence-electron chi connectivity index (χ1n) is 5.77. The number of fused-ring (bicyclic) bond motifs is 2. The largest absolute Gasteiger partial charge is 0.290 e. The number of hydrogen-bond donors (Lipinski definition) is 1. The highest BCUT2D eigenvalue weighted by Crippen LogP contribution is 2.36. The fourth-order valence-electron chi connectivity index (χ4n) is 2.79. The van der Waals surface area contributed by atoms with E-state index in [1.807, 2.05) is 12.1 Å². The Hall–Kier alpha value is -0.680. The third kappa shape index (κ3) is 1.72. The molecule has 5 heteroatoms. The van der Waals surface area contributed by atoms with Crippen molar-refractivity contribution in [2.75, 3.05) is 11.6 Å². The first-order chi connectivity index (χ1) is 7.74. The lowest BCUT2D eigenvalue weighted by Crippen LogP contribution is -2.53. The third-order valence-electron chi connectivity index (χ3n) is 3.86. The highest BCUT2D eigenvalue weighted by Gasteiger charge is 2.39. The van der Waals surface area contributed by atoms with Crippen LogP contribution in [-0.2, 0) is 0 Å². The second kappa shape index (κ2) is 3.96. The fourth-order valence-corrected chi connectivity index (χ4v) is 3.00. The molecule has 0 spiro atoms. The second-order valence-corrected chi connectivity index (χ2v) is 5.57. The Balaban J connectivity index is 1.80. The summed E-state index contributed by atoms with van der Waals surface area (Å²) in [7, 11) is 0. The number of nitrogens with one attached hydrogen (secondary N) is 1. The van der Waals surface area contributed by atoms with Gasteiger partial charge in [0.1, 0.15) is 4.60 Å².